The molecule has 0 aliphatic carbocycles. The molecule has 106 valence electrons. The van der Waals surface area contributed by atoms with Gasteiger partial charge in [-0.15, -0.1) is 10.2 Å². The molecule has 4 nitrogen and oxygen atoms in total. The van der Waals surface area contributed by atoms with Gasteiger partial charge in [0.2, 0.25) is 11.8 Å². The average Bonchev–Trinajstić information content (AvgIpc) is 2.96. The van der Waals surface area contributed by atoms with Crippen molar-refractivity contribution in [2.24, 2.45) is 0 Å². The van der Waals surface area contributed by atoms with Crippen LogP contribution in [0, 0.1) is 0 Å². The summed E-state index contributed by atoms with van der Waals surface area (Å²) >= 11 is 9.35. The molecule has 0 fully saturated rings. The number of hydrogen-bond donors (Lipinski definition) is 1. The lowest BCUT2D eigenvalue weighted by Gasteiger charge is -2.02. The summed E-state index contributed by atoms with van der Waals surface area (Å²) in [5, 5.41) is 11.9. The van der Waals surface area contributed by atoms with Gasteiger partial charge in [-0.2, -0.15) is 0 Å². The smallest absolute Gasteiger partial charge is 0.247 e. The third kappa shape index (κ3) is 3.62. The Morgan fingerprint density at radius 3 is 2.67 bits per heavy atom. The fourth-order valence-corrected chi connectivity index (χ4v) is 2.26. The molecular weight excluding hydrogens is 354 g/mol. The van der Waals surface area contributed by atoms with E-state index in [0.29, 0.717) is 23.3 Å². The van der Waals surface area contributed by atoms with E-state index in [1.165, 1.54) is 0 Å². The van der Waals surface area contributed by atoms with Crippen LogP contribution in [0.15, 0.2) is 57.4 Å². The minimum Gasteiger partial charge on any atom is -0.419 e. The van der Waals surface area contributed by atoms with Crippen LogP contribution >= 0.6 is 27.5 Å². The summed E-state index contributed by atoms with van der Waals surface area (Å²) in [6.45, 7) is 0.467. The zero-order valence-electron chi connectivity index (χ0n) is 10.9. The summed E-state index contributed by atoms with van der Waals surface area (Å²) in [5.41, 5.74) is 1.80. The van der Waals surface area contributed by atoms with E-state index in [1.54, 1.807) is 12.1 Å². The molecule has 21 heavy (non-hydrogen) atoms. The van der Waals surface area contributed by atoms with E-state index in [4.69, 9.17) is 16.0 Å². The van der Waals surface area contributed by atoms with Crippen LogP contribution in [-0.4, -0.2) is 10.2 Å². The molecule has 1 aromatic heterocycles. The van der Waals surface area contributed by atoms with Gasteiger partial charge in [-0.05, 0) is 42.5 Å². The number of nitrogens with one attached hydrogen (secondary N) is 1. The maximum absolute atomic E-state index is 5.95. The SMILES string of the molecule is Clc1cccc(-c2nnc(CNc3ccc(Br)cc3)o2)c1. The third-order valence-electron chi connectivity index (χ3n) is 2.83. The van der Waals surface area contributed by atoms with Crippen LogP contribution in [0.1, 0.15) is 5.89 Å². The van der Waals surface area contributed by atoms with Crippen molar-refractivity contribution in [1.82, 2.24) is 10.2 Å². The van der Waals surface area contributed by atoms with Crippen molar-refractivity contribution in [1.29, 1.82) is 0 Å². The maximum Gasteiger partial charge on any atom is 0.247 e. The summed E-state index contributed by atoms with van der Waals surface area (Å²) in [6, 6.07) is 15.2. The van der Waals surface area contributed by atoms with E-state index < -0.39 is 0 Å². The number of benzene rings is 2. The average molecular weight is 365 g/mol. The first-order chi connectivity index (χ1) is 10.2. The van der Waals surface area contributed by atoms with Crippen molar-refractivity contribution in [3.05, 3.63) is 63.9 Å². The Morgan fingerprint density at radius 1 is 1.10 bits per heavy atom. The van der Waals surface area contributed by atoms with Gasteiger partial charge >= 0.3 is 0 Å². The molecule has 1 N–H and O–H groups in total. The number of rotatable bonds is 4. The Kier molecular flexibility index (Phi) is 4.22. The lowest BCUT2D eigenvalue weighted by atomic mass is 10.2. The minimum absolute atomic E-state index is 0.463. The van der Waals surface area contributed by atoms with Crippen molar-refractivity contribution in [3.8, 4) is 11.5 Å². The summed E-state index contributed by atoms with van der Waals surface area (Å²) in [5.74, 6) is 0.984. The van der Waals surface area contributed by atoms with Crippen LogP contribution in [0.2, 0.25) is 5.02 Å². The Balaban J connectivity index is 1.69. The molecule has 0 aliphatic rings. The van der Waals surface area contributed by atoms with Gasteiger partial charge in [0.1, 0.15) is 0 Å². The minimum atomic E-state index is 0.463. The second-order valence-corrected chi connectivity index (χ2v) is 5.72. The van der Waals surface area contributed by atoms with Gasteiger partial charge in [-0.25, -0.2) is 0 Å². The van der Waals surface area contributed by atoms with Gasteiger partial charge < -0.3 is 9.73 Å². The second-order valence-electron chi connectivity index (χ2n) is 4.37. The summed E-state index contributed by atoms with van der Waals surface area (Å²) < 4.78 is 6.65. The molecule has 2 aromatic carbocycles. The van der Waals surface area contributed by atoms with Crippen LogP contribution in [0.5, 0.6) is 0 Å². The highest BCUT2D eigenvalue weighted by atomic mass is 79.9. The molecule has 0 saturated carbocycles. The first-order valence-electron chi connectivity index (χ1n) is 6.28. The molecule has 1 heterocycles. The molecule has 0 bridgehead atoms. The van der Waals surface area contributed by atoms with Gasteiger partial charge in [0.25, 0.3) is 0 Å². The summed E-state index contributed by atoms with van der Waals surface area (Å²) in [6.07, 6.45) is 0. The molecule has 0 radical (unpaired) electrons. The Hall–Kier alpha value is -1.85. The van der Waals surface area contributed by atoms with E-state index in [-0.39, 0.29) is 0 Å². The van der Waals surface area contributed by atoms with Crippen molar-refractivity contribution in [2.45, 2.75) is 6.54 Å². The standard InChI is InChI=1S/C15H11BrClN3O/c16-11-4-6-13(7-5-11)18-9-14-19-20-15(21-14)10-2-1-3-12(17)8-10/h1-8,18H,9H2. The van der Waals surface area contributed by atoms with Crippen LogP contribution in [0.25, 0.3) is 11.5 Å². The molecule has 0 aliphatic heterocycles. The van der Waals surface area contributed by atoms with Crippen molar-refractivity contribution in [2.75, 3.05) is 5.32 Å². The van der Waals surface area contributed by atoms with E-state index in [2.05, 4.69) is 31.4 Å². The fraction of sp³-hybridized carbons (Fsp3) is 0.0667. The monoisotopic (exact) mass is 363 g/mol. The Bertz CT molecular complexity index is 743. The van der Waals surface area contributed by atoms with Crippen molar-refractivity contribution in [3.63, 3.8) is 0 Å². The zero-order valence-corrected chi connectivity index (χ0v) is 13.2. The van der Waals surface area contributed by atoms with Gasteiger partial charge in [0, 0.05) is 20.7 Å². The van der Waals surface area contributed by atoms with Gasteiger partial charge in [0.15, 0.2) is 0 Å². The first kappa shape index (κ1) is 14.1. The number of halogens is 2. The molecule has 3 aromatic rings. The highest BCUT2D eigenvalue weighted by molar-refractivity contribution is 9.10. The molecule has 0 saturated heterocycles. The molecule has 0 unspecified atom stereocenters. The van der Waals surface area contributed by atoms with E-state index in [9.17, 15) is 0 Å². The second kappa shape index (κ2) is 6.28. The van der Waals surface area contributed by atoms with Crippen LogP contribution in [0.3, 0.4) is 0 Å². The number of hydrogen-bond acceptors (Lipinski definition) is 4. The lowest BCUT2D eigenvalue weighted by molar-refractivity contribution is 0.515. The van der Waals surface area contributed by atoms with Gasteiger partial charge in [0.05, 0.1) is 6.54 Å². The van der Waals surface area contributed by atoms with Crippen molar-refractivity contribution >= 4 is 33.2 Å². The maximum atomic E-state index is 5.95. The molecular formula is C15H11BrClN3O. The van der Waals surface area contributed by atoms with E-state index >= 15 is 0 Å². The first-order valence-corrected chi connectivity index (χ1v) is 7.45. The lowest BCUT2D eigenvalue weighted by Crippen LogP contribution is -1.99. The molecule has 3 rings (SSSR count). The molecule has 6 heteroatoms. The Labute approximate surface area is 135 Å². The van der Waals surface area contributed by atoms with Crippen LogP contribution < -0.4 is 5.32 Å². The predicted octanol–water partition coefficient (Wildman–Crippen LogP) is 4.76. The third-order valence-corrected chi connectivity index (χ3v) is 3.59. The number of aromatic nitrogens is 2. The number of nitrogens with zero attached hydrogens (tertiary/aromatic N) is 2. The van der Waals surface area contributed by atoms with Crippen molar-refractivity contribution < 1.29 is 4.42 Å². The summed E-state index contributed by atoms with van der Waals surface area (Å²) in [4.78, 5) is 0. The fourth-order valence-electron chi connectivity index (χ4n) is 1.81. The predicted molar refractivity (Wildman–Crippen MR) is 86.2 cm³/mol. The molecule has 0 amide bonds. The molecule has 0 spiro atoms. The highest BCUT2D eigenvalue weighted by Gasteiger charge is 2.08. The van der Waals surface area contributed by atoms with E-state index in [0.717, 1.165) is 15.7 Å². The quantitative estimate of drug-likeness (QED) is 0.725. The highest BCUT2D eigenvalue weighted by Crippen LogP contribution is 2.22. The Morgan fingerprint density at radius 2 is 1.90 bits per heavy atom. The van der Waals surface area contributed by atoms with Gasteiger partial charge in [-0.1, -0.05) is 33.6 Å². The zero-order chi connectivity index (χ0) is 14.7. The molecule has 0 atom stereocenters. The topological polar surface area (TPSA) is 51.0 Å². The van der Waals surface area contributed by atoms with Crippen LogP contribution in [-0.2, 0) is 6.54 Å². The van der Waals surface area contributed by atoms with E-state index in [1.807, 2.05) is 36.4 Å². The number of anilines is 1. The summed E-state index contributed by atoms with van der Waals surface area (Å²) in [7, 11) is 0. The largest absolute Gasteiger partial charge is 0.419 e. The van der Waals surface area contributed by atoms with Gasteiger partial charge in [-0.3, -0.25) is 0 Å². The van der Waals surface area contributed by atoms with Crippen LogP contribution in [0.4, 0.5) is 5.69 Å². The normalized spacial score (nSPS) is 10.6.